The maximum atomic E-state index is 13.2. The first-order valence-electron chi connectivity index (χ1n) is 6.86. The number of aromatic nitrogens is 3. The molecule has 0 aliphatic carbocycles. The van der Waals surface area contributed by atoms with E-state index in [1.54, 1.807) is 7.05 Å². The molecule has 0 bridgehead atoms. The summed E-state index contributed by atoms with van der Waals surface area (Å²) in [5.41, 5.74) is 0.750. The van der Waals surface area contributed by atoms with Crippen LogP contribution in [-0.4, -0.2) is 38.6 Å². The summed E-state index contributed by atoms with van der Waals surface area (Å²) in [6, 6.07) is 6.52. The first-order chi connectivity index (χ1) is 11.5. The van der Waals surface area contributed by atoms with Gasteiger partial charge in [-0.25, -0.2) is 13.7 Å². The van der Waals surface area contributed by atoms with E-state index in [2.05, 4.69) is 20.7 Å². The van der Waals surface area contributed by atoms with E-state index < -0.39 is 17.7 Å². The van der Waals surface area contributed by atoms with E-state index in [4.69, 9.17) is 0 Å². The number of halogens is 1. The minimum atomic E-state index is -1.12. The third-order valence-corrected chi connectivity index (χ3v) is 3.28. The molecule has 0 saturated carbocycles. The lowest BCUT2D eigenvalue weighted by Gasteiger charge is -2.04. The van der Waals surface area contributed by atoms with Crippen LogP contribution in [0.2, 0.25) is 0 Å². The number of carboxylic acids is 1. The van der Waals surface area contributed by atoms with E-state index in [0.29, 0.717) is 5.69 Å². The molecule has 0 radical (unpaired) electrons. The van der Waals surface area contributed by atoms with Gasteiger partial charge in [-0.2, -0.15) is 4.98 Å². The number of carbonyl (C=O) groups excluding carboxylic acids is 1. The molecule has 0 saturated heterocycles. The van der Waals surface area contributed by atoms with E-state index >= 15 is 0 Å². The fourth-order valence-electron chi connectivity index (χ4n) is 2.16. The van der Waals surface area contributed by atoms with Gasteiger partial charge in [0.2, 0.25) is 5.95 Å². The summed E-state index contributed by atoms with van der Waals surface area (Å²) in [6.07, 6.45) is 1.45. The van der Waals surface area contributed by atoms with Crippen molar-refractivity contribution in [2.45, 2.75) is 0 Å². The Morgan fingerprint density at radius 1 is 1.29 bits per heavy atom. The van der Waals surface area contributed by atoms with Crippen molar-refractivity contribution in [3.63, 3.8) is 0 Å². The minimum absolute atomic E-state index is 0.0196. The Kier molecular flexibility index (Phi) is 3.82. The van der Waals surface area contributed by atoms with Gasteiger partial charge >= 0.3 is 5.97 Å². The zero-order valence-corrected chi connectivity index (χ0v) is 12.4. The third kappa shape index (κ3) is 2.86. The third-order valence-electron chi connectivity index (χ3n) is 3.28. The van der Waals surface area contributed by atoms with E-state index in [1.807, 2.05) is 0 Å². The number of hydrogen-bond donors (Lipinski definition) is 3. The van der Waals surface area contributed by atoms with Crippen LogP contribution in [0.25, 0.3) is 5.65 Å². The molecule has 24 heavy (non-hydrogen) atoms. The number of pyridine rings is 1. The molecule has 0 fully saturated rings. The molecule has 2 heterocycles. The van der Waals surface area contributed by atoms with Crippen LogP contribution in [-0.2, 0) is 0 Å². The van der Waals surface area contributed by atoms with Gasteiger partial charge in [0.25, 0.3) is 5.91 Å². The van der Waals surface area contributed by atoms with Crippen LogP contribution < -0.4 is 10.6 Å². The van der Waals surface area contributed by atoms with Crippen LogP contribution in [0.5, 0.6) is 0 Å². The number of nitrogens with zero attached hydrogens (tertiary/aromatic N) is 3. The number of rotatable bonds is 4. The van der Waals surface area contributed by atoms with E-state index in [9.17, 15) is 19.1 Å². The fourth-order valence-corrected chi connectivity index (χ4v) is 2.16. The van der Waals surface area contributed by atoms with Gasteiger partial charge < -0.3 is 10.4 Å². The predicted octanol–water partition coefficient (Wildman–Crippen LogP) is 1.86. The Morgan fingerprint density at radius 2 is 2.08 bits per heavy atom. The molecule has 3 aromatic rings. The molecule has 1 aromatic carbocycles. The number of benzene rings is 1. The molecule has 122 valence electrons. The average molecular weight is 329 g/mol. The topological polar surface area (TPSA) is 109 Å². The van der Waals surface area contributed by atoms with E-state index in [-0.39, 0.29) is 22.7 Å². The first kappa shape index (κ1) is 15.4. The van der Waals surface area contributed by atoms with Crippen molar-refractivity contribution >= 4 is 29.2 Å². The van der Waals surface area contributed by atoms with Crippen LogP contribution in [0, 0.1) is 5.82 Å². The maximum Gasteiger partial charge on any atom is 0.337 e. The maximum absolute atomic E-state index is 13.2. The second-order valence-electron chi connectivity index (χ2n) is 4.86. The molecule has 1 amide bonds. The van der Waals surface area contributed by atoms with Gasteiger partial charge in [0, 0.05) is 12.6 Å². The lowest BCUT2D eigenvalue weighted by Crippen LogP contribution is -2.13. The van der Waals surface area contributed by atoms with Gasteiger partial charge in [-0.15, -0.1) is 5.10 Å². The molecule has 2 aromatic heterocycles. The largest absolute Gasteiger partial charge is 0.478 e. The zero-order valence-electron chi connectivity index (χ0n) is 12.4. The summed E-state index contributed by atoms with van der Waals surface area (Å²) in [7, 11) is 1.58. The number of anilines is 2. The molecular formula is C15H12FN5O3. The number of nitrogens with one attached hydrogen (secondary N) is 2. The molecule has 9 heteroatoms. The van der Waals surface area contributed by atoms with Gasteiger partial charge in [-0.3, -0.25) is 10.1 Å². The second-order valence-corrected chi connectivity index (χ2v) is 4.86. The van der Waals surface area contributed by atoms with Gasteiger partial charge in [0.15, 0.2) is 5.65 Å². The smallest absolute Gasteiger partial charge is 0.337 e. The standard InChI is InChI=1S/C15H12FN5O3/c1-17-11-7-21-12(6-10(11)14(23)24)18-15(20-21)19-13(22)8-3-2-4-9(16)5-8/h2-7,17H,1H3,(H,23,24)(H,19,20,22). The molecule has 0 atom stereocenters. The van der Waals surface area contributed by atoms with Gasteiger partial charge in [-0.1, -0.05) is 6.07 Å². The summed E-state index contributed by atoms with van der Waals surface area (Å²) in [6.45, 7) is 0. The molecule has 0 aliphatic rings. The highest BCUT2D eigenvalue weighted by Crippen LogP contribution is 2.18. The van der Waals surface area contributed by atoms with Crippen LogP contribution in [0.15, 0.2) is 36.5 Å². The SMILES string of the molecule is CNc1cn2nc(NC(=O)c3cccc(F)c3)nc2cc1C(=O)O. The Bertz CT molecular complexity index is 953. The normalized spacial score (nSPS) is 10.6. The quantitative estimate of drug-likeness (QED) is 0.674. The van der Waals surface area contributed by atoms with Crippen LogP contribution in [0.3, 0.4) is 0 Å². The number of hydrogen-bond acceptors (Lipinski definition) is 5. The molecule has 0 spiro atoms. The molecule has 0 aliphatic heterocycles. The Morgan fingerprint density at radius 3 is 2.75 bits per heavy atom. The van der Waals surface area contributed by atoms with Crippen molar-refractivity contribution < 1.29 is 19.1 Å². The van der Waals surface area contributed by atoms with Crippen molar-refractivity contribution in [1.82, 2.24) is 14.6 Å². The highest BCUT2D eigenvalue weighted by Gasteiger charge is 2.15. The molecule has 3 N–H and O–H groups in total. The summed E-state index contributed by atoms with van der Waals surface area (Å²) in [5.74, 6) is -2.24. The lowest BCUT2D eigenvalue weighted by molar-refractivity contribution is 0.0697. The van der Waals surface area contributed by atoms with Gasteiger partial charge in [0.05, 0.1) is 17.4 Å². The van der Waals surface area contributed by atoms with Gasteiger partial charge in [-0.05, 0) is 24.3 Å². The lowest BCUT2D eigenvalue weighted by atomic mass is 10.2. The van der Waals surface area contributed by atoms with Crippen LogP contribution in [0.4, 0.5) is 16.0 Å². The van der Waals surface area contributed by atoms with E-state index in [1.165, 1.54) is 35.0 Å². The molecule has 0 unspecified atom stereocenters. The number of aromatic carboxylic acids is 1. The zero-order chi connectivity index (χ0) is 17.3. The Labute approximate surface area is 134 Å². The van der Waals surface area contributed by atoms with Gasteiger partial charge in [0.1, 0.15) is 5.82 Å². The Hall–Kier alpha value is -3.49. The Balaban J connectivity index is 1.93. The number of carbonyl (C=O) groups is 2. The highest BCUT2D eigenvalue weighted by atomic mass is 19.1. The minimum Gasteiger partial charge on any atom is -0.478 e. The summed E-state index contributed by atoms with van der Waals surface area (Å²) in [5, 5.41) is 18.4. The van der Waals surface area contributed by atoms with E-state index in [0.717, 1.165) is 6.07 Å². The predicted molar refractivity (Wildman–Crippen MR) is 83.8 cm³/mol. The average Bonchev–Trinajstić information content (AvgIpc) is 2.94. The van der Waals surface area contributed by atoms with Crippen molar-refractivity contribution in [2.24, 2.45) is 0 Å². The monoisotopic (exact) mass is 329 g/mol. The van der Waals surface area contributed by atoms with Crippen molar-refractivity contribution in [3.05, 3.63) is 53.5 Å². The number of amides is 1. The fraction of sp³-hybridized carbons (Fsp3) is 0.0667. The summed E-state index contributed by atoms with van der Waals surface area (Å²) < 4.78 is 14.5. The van der Waals surface area contributed by atoms with Crippen molar-refractivity contribution in [1.29, 1.82) is 0 Å². The van der Waals surface area contributed by atoms with Crippen molar-refractivity contribution in [2.75, 3.05) is 17.7 Å². The number of fused-ring (bicyclic) bond motifs is 1. The molecule has 8 nitrogen and oxygen atoms in total. The summed E-state index contributed by atoms with van der Waals surface area (Å²) >= 11 is 0. The van der Waals surface area contributed by atoms with Crippen LogP contribution in [0.1, 0.15) is 20.7 Å². The molecule has 3 rings (SSSR count). The second kappa shape index (κ2) is 5.95. The molecular weight excluding hydrogens is 317 g/mol. The number of carboxylic acid groups (broad SMARTS) is 1. The van der Waals surface area contributed by atoms with Crippen molar-refractivity contribution in [3.8, 4) is 0 Å². The van der Waals surface area contributed by atoms with Crippen LogP contribution >= 0.6 is 0 Å². The highest BCUT2D eigenvalue weighted by molar-refractivity contribution is 6.03. The first-order valence-corrected chi connectivity index (χ1v) is 6.86. The summed E-state index contributed by atoms with van der Waals surface area (Å²) in [4.78, 5) is 27.3.